The van der Waals surface area contributed by atoms with Crippen molar-refractivity contribution in [3.63, 3.8) is 0 Å². The zero-order valence-corrected chi connectivity index (χ0v) is 10.6. The van der Waals surface area contributed by atoms with Crippen molar-refractivity contribution in [2.24, 2.45) is 0 Å². The molecule has 0 N–H and O–H groups in total. The molecule has 98 valence electrons. The Morgan fingerprint density at radius 2 is 1.94 bits per heavy atom. The van der Waals surface area contributed by atoms with Gasteiger partial charge in [-0.05, 0) is 37.3 Å². The predicted molar refractivity (Wildman–Crippen MR) is 66.7 cm³/mol. The van der Waals surface area contributed by atoms with Gasteiger partial charge in [-0.3, -0.25) is 0 Å². The Balaban J connectivity index is 2.24. The smallest absolute Gasteiger partial charge is 0.166 e. The Bertz CT molecular complexity index is 449. The van der Waals surface area contributed by atoms with Crippen LogP contribution in [0.25, 0.3) is 0 Å². The third-order valence-electron chi connectivity index (χ3n) is 3.13. The normalized spacial score (nSPS) is 20.7. The molecule has 1 aliphatic carbocycles. The lowest BCUT2D eigenvalue weighted by Crippen LogP contribution is -2.11. The first-order valence-electron chi connectivity index (χ1n) is 5.95. The second kappa shape index (κ2) is 5.35. The standard InChI is InChI=1S/C14H14ClF3/c15-12-6-3-4-10(9-12)8-11-5-1-2-7-13(11)14(16,17)18/h1-2,5,7,9,12H,3-4,6,8H2. The first-order chi connectivity index (χ1) is 8.47. The lowest BCUT2D eigenvalue weighted by atomic mass is 9.92. The summed E-state index contributed by atoms with van der Waals surface area (Å²) in [6.45, 7) is 0. The molecule has 1 aliphatic rings. The Labute approximate surface area is 109 Å². The zero-order chi connectivity index (χ0) is 13.2. The molecule has 0 spiro atoms. The molecule has 0 aliphatic heterocycles. The van der Waals surface area contributed by atoms with Crippen LogP contribution in [-0.2, 0) is 12.6 Å². The van der Waals surface area contributed by atoms with Gasteiger partial charge in [0.15, 0.2) is 0 Å². The number of allylic oxidation sites excluding steroid dienone is 2. The molecule has 0 fully saturated rings. The van der Waals surface area contributed by atoms with E-state index in [9.17, 15) is 13.2 Å². The molecule has 1 atom stereocenters. The second-order valence-electron chi connectivity index (χ2n) is 4.56. The van der Waals surface area contributed by atoms with E-state index in [2.05, 4.69) is 0 Å². The van der Waals surface area contributed by atoms with Crippen LogP contribution in [0.2, 0.25) is 0 Å². The van der Waals surface area contributed by atoms with Gasteiger partial charge in [0.05, 0.1) is 10.9 Å². The molecular formula is C14H14ClF3. The van der Waals surface area contributed by atoms with Crippen molar-refractivity contribution < 1.29 is 13.2 Å². The summed E-state index contributed by atoms with van der Waals surface area (Å²) < 4.78 is 38.5. The van der Waals surface area contributed by atoms with Gasteiger partial charge in [0, 0.05) is 0 Å². The fourth-order valence-corrected chi connectivity index (χ4v) is 2.62. The van der Waals surface area contributed by atoms with E-state index in [4.69, 9.17) is 11.6 Å². The zero-order valence-electron chi connectivity index (χ0n) is 9.80. The van der Waals surface area contributed by atoms with E-state index in [0.717, 1.165) is 30.9 Å². The van der Waals surface area contributed by atoms with Crippen LogP contribution in [0.5, 0.6) is 0 Å². The molecule has 0 amide bonds. The van der Waals surface area contributed by atoms with E-state index in [1.807, 2.05) is 6.08 Å². The topological polar surface area (TPSA) is 0 Å². The molecule has 4 heteroatoms. The summed E-state index contributed by atoms with van der Waals surface area (Å²) in [6.07, 6.45) is 0.666. The first kappa shape index (κ1) is 13.5. The van der Waals surface area contributed by atoms with Gasteiger partial charge in [0.2, 0.25) is 0 Å². The molecule has 0 heterocycles. The van der Waals surface area contributed by atoms with Crippen molar-refractivity contribution in [3.05, 3.63) is 47.0 Å². The van der Waals surface area contributed by atoms with E-state index < -0.39 is 11.7 Å². The number of benzene rings is 1. The fraction of sp³-hybridized carbons (Fsp3) is 0.429. The molecule has 18 heavy (non-hydrogen) atoms. The van der Waals surface area contributed by atoms with Crippen LogP contribution >= 0.6 is 11.6 Å². The summed E-state index contributed by atoms with van der Waals surface area (Å²) in [5.41, 5.74) is 0.808. The van der Waals surface area contributed by atoms with Crippen LogP contribution < -0.4 is 0 Å². The third-order valence-corrected chi connectivity index (χ3v) is 3.48. The van der Waals surface area contributed by atoms with Crippen molar-refractivity contribution in [2.75, 3.05) is 0 Å². The lowest BCUT2D eigenvalue weighted by Gasteiger charge is -2.18. The van der Waals surface area contributed by atoms with Gasteiger partial charge in [0.25, 0.3) is 0 Å². The summed E-state index contributed by atoms with van der Waals surface area (Å²) in [5.74, 6) is 0. The molecule has 0 radical (unpaired) electrons. The van der Waals surface area contributed by atoms with Crippen molar-refractivity contribution >= 4 is 11.6 Å². The van der Waals surface area contributed by atoms with E-state index in [-0.39, 0.29) is 5.38 Å². The maximum absolute atomic E-state index is 12.8. The van der Waals surface area contributed by atoms with E-state index in [1.165, 1.54) is 6.07 Å². The quantitative estimate of drug-likeness (QED) is 0.528. The van der Waals surface area contributed by atoms with Crippen molar-refractivity contribution in [1.82, 2.24) is 0 Å². The van der Waals surface area contributed by atoms with Gasteiger partial charge in [-0.15, -0.1) is 11.6 Å². The molecule has 1 aromatic rings. The summed E-state index contributed by atoms with van der Waals surface area (Å²) >= 11 is 6.01. The van der Waals surface area contributed by atoms with Gasteiger partial charge in [-0.1, -0.05) is 29.8 Å². The molecule has 0 bridgehead atoms. The van der Waals surface area contributed by atoms with Crippen molar-refractivity contribution in [3.8, 4) is 0 Å². The lowest BCUT2D eigenvalue weighted by molar-refractivity contribution is -0.138. The summed E-state index contributed by atoms with van der Waals surface area (Å²) in [5, 5.41) is -0.0354. The maximum atomic E-state index is 12.8. The van der Waals surface area contributed by atoms with Gasteiger partial charge in [-0.2, -0.15) is 13.2 Å². The average Bonchev–Trinajstić information content (AvgIpc) is 2.28. The van der Waals surface area contributed by atoms with E-state index in [0.29, 0.717) is 12.0 Å². The minimum Gasteiger partial charge on any atom is -0.166 e. The maximum Gasteiger partial charge on any atom is 0.416 e. The summed E-state index contributed by atoms with van der Waals surface area (Å²) in [7, 11) is 0. The van der Waals surface area contributed by atoms with Crippen LogP contribution in [0, 0.1) is 0 Å². The van der Waals surface area contributed by atoms with E-state index in [1.54, 1.807) is 12.1 Å². The fourth-order valence-electron chi connectivity index (χ4n) is 2.29. The summed E-state index contributed by atoms with van der Waals surface area (Å²) in [4.78, 5) is 0. The van der Waals surface area contributed by atoms with Crippen LogP contribution in [0.1, 0.15) is 30.4 Å². The number of hydrogen-bond donors (Lipinski definition) is 0. The number of halogens is 4. The summed E-state index contributed by atoms with van der Waals surface area (Å²) in [6, 6.07) is 5.75. The molecule has 0 saturated carbocycles. The van der Waals surface area contributed by atoms with Gasteiger partial charge in [-0.25, -0.2) is 0 Å². The van der Waals surface area contributed by atoms with Crippen LogP contribution in [-0.4, -0.2) is 5.38 Å². The largest absolute Gasteiger partial charge is 0.416 e. The van der Waals surface area contributed by atoms with Crippen molar-refractivity contribution in [1.29, 1.82) is 0 Å². The minimum atomic E-state index is -4.29. The third kappa shape index (κ3) is 3.29. The van der Waals surface area contributed by atoms with Gasteiger partial charge in [0.1, 0.15) is 0 Å². The molecule has 1 unspecified atom stereocenters. The molecule has 0 saturated heterocycles. The van der Waals surface area contributed by atoms with Crippen molar-refractivity contribution in [2.45, 2.75) is 37.2 Å². The number of rotatable bonds is 2. The molecule has 0 aromatic heterocycles. The number of hydrogen-bond acceptors (Lipinski definition) is 0. The Morgan fingerprint density at radius 1 is 1.22 bits per heavy atom. The number of alkyl halides is 4. The van der Waals surface area contributed by atoms with Crippen LogP contribution in [0.4, 0.5) is 13.2 Å². The molecule has 0 nitrogen and oxygen atoms in total. The highest BCUT2D eigenvalue weighted by atomic mass is 35.5. The highest BCUT2D eigenvalue weighted by molar-refractivity contribution is 6.21. The van der Waals surface area contributed by atoms with Gasteiger partial charge < -0.3 is 0 Å². The molecular weight excluding hydrogens is 261 g/mol. The molecule has 2 rings (SSSR count). The Morgan fingerprint density at radius 3 is 2.61 bits per heavy atom. The van der Waals surface area contributed by atoms with Crippen LogP contribution in [0.3, 0.4) is 0 Å². The van der Waals surface area contributed by atoms with E-state index >= 15 is 0 Å². The highest BCUT2D eigenvalue weighted by Crippen LogP contribution is 2.34. The predicted octanol–water partition coefficient (Wildman–Crippen LogP) is 4.97. The monoisotopic (exact) mass is 274 g/mol. The van der Waals surface area contributed by atoms with Gasteiger partial charge >= 0.3 is 6.18 Å². The first-order valence-corrected chi connectivity index (χ1v) is 6.39. The average molecular weight is 275 g/mol. The second-order valence-corrected chi connectivity index (χ2v) is 5.13. The SMILES string of the molecule is FC(F)(F)c1ccccc1CC1=CC(Cl)CCC1. The Hall–Kier alpha value is -0.960. The van der Waals surface area contributed by atoms with Crippen LogP contribution in [0.15, 0.2) is 35.9 Å². The Kier molecular flexibility index (Phi) is 4.00. The minimum absolute atomic E-state index is 0.0354. The highest BCUT2D eigenvalue weighted by Gasteiger charge is 2.32. The molecule has 1 aromatic carbocycles.